The Labute approximate surface area is 675 Å². The number of hydrogen-bond donors (Lipinski definition) is 1. The summed E-state index contributed by atoms with van der Waals surface area (Å²) in [6, 6.07) is 12.3. The summed E-state index contributed by atoms with van der Waals surface area (Å²) in [5.41, 5.74) is 8.37. The van der Waals surface area contributed by atoms with E-state index >= 15 is 0 Å². The van der Waals surface area contributed by atoms with Crippen LogP contribution in [0.3, 0.4) is 0 Å². The second kappa shape index (κ2) is 47.5. The molecule has 5 unspecified atom stereocenters. The average Bonchev–Trinajstić information content (AvgIpc) is 1.03. The number of carbonyl (C=O) groups is 3. The molecule has 5 atom stereocenters. The fourth-order valence-electron chi connectivity index (χ4n) is 21.5. The van der Waals surface area contributed by atoms with Gasteiger partial charge < -0.3 is 5.32 Å². The molecule has 7 saturated carbocycles. The number of nitrogens with one attached hydrogen (secondary N) is 1. The monoisotopic (exact) mass is 1570 g/mol. The van der Waals surface area contributed by atoms with Crippen molar-refractivity contribution in [1.29, 1.82) is 0 Å². The summed E-state index contributed by atoms with van der Waals surface area (Å²) >= 11 is 0. The summed E-state index contributed by atoms with van der Waals surface area (Å²) in [4.78, 5) is 32.4. The van der Waals surface area contributed by atoms with E-state index in [9.17, 15) is 53.9 Å². The zero-order valence-corrected chi connectivity index (χ0v) is 69.0. The normalized spacial score (nSPS) is 27.4. The van der Waals surface area contributed by atoms with Crippen LogP contribution in [0.4, 0.5) is 39.5 Å². The largest absolute Gasteiger partial charge is 0.317 e. The molecule has 13 heteroatoms. The van der Waals surface area contributed by atoms with Crippen LogP contribution >= 0.6 is 0 Å². The van der Waals surface area contributed by atoms with E-state index in [1.807, 2.05) is 18.2 Å². The van der Waals surface area contributed by atoms with E-state index < -0.39 is 52.4 Å². The number of allylic oxidation sites excluding steroid dienone is 7. The predicted octanol–water partition coefficient (Wildman–Crippen LogP) is 29.2. The minimum Gasteiger partial charge on any atom is -0.317 e. The van der Waals surface area contributed by atoms with E-state index in [2.05, 4.69) is 57.8 Å². The fraction of sp³-hybridized carbons (Fsp3) is 0.650. The van der Waals surface area contributed by atoms with Gasteiger partial charge in [0, 0.05) is 19.3 Å². The smallest absolute Gasteiger partial charge is 0.194 e. The van der Waals surface area contributed by atoms with Crippen molar-refractivity contribution >= 4 is 22.9 Å². The van der Waals surface area contributed by atoms with Crippen LogP contribution in [0.25, 0.3) is 16.7 Å². The molecule has 4 aromatic carbocycles. The molecule has 113 heavy (non-hydrogen) atoms. The van der Waals surface area contributed by atoms with Crippen molar-refractivity contribution in [2.24, 2.45) is 82.9 Å². The number of fused-ring (bicyclic) bond motifs is 3. The first kappa shape index (κ1) is 92.7. The van der Waals surface area contributed by atoms with Gasteiger partial charge in [0.1, 0.15) is 5.78 Å². The van der Waals surface area contributed by atoms with Gasteiger partial charge in [-0.15, -0.1) is 0 Å². The van der Waals surface area contributed by atoms with Crippen LogP contribution < -0.4 is 5.32 Å². The third-order valence-corrected chi connectivity index (χ3v) is 28.0. The molecule has 0 spiro atoms. The second-order valence-corrected chi connectivity index (χ2v) is 35.8. The number of halogens is 9. The molecule has 4 nitrogen and oxygen atoms in total. The van der Waals surface area contributed by atoms with Crippen molar-refractivity contribution in [3.8, 4) is 11.1 Å². The Hall–Kier alpha value is -5.82. The van der Waals surface area contributed by atoms with Crippen LogP contribution in [0.15, 0.2) is 96.6 Å². The summed E-state index contributed by atoms with van der Waals surface area (Å²) < 4.78 is 117. The van der Waals surface area contributed by atoms with Gasteiger partial charge in [-0.1, -0.05) is 186 Å². The van der Waals surface area contributed by atoms with Crippen LogP contribution in [-0.4, -0.2) is 30.4 Å². The Morgan fingerprint density at radius 2 is 0.805 bits per heavy atom. The van der Waals surface area contributed by atoms with Crippen molar-refractivity contribution in [3.05, 3.63) is 171 Å². The van der Waals surface area contributed by atoms with Gasteiger partial charge in [-0.05, 0) is 345 Å². The van der Waals surface area contributed by atoms with Gasteiger partial charge in [0.2, 0.25) is 0 Å². The molecule has 0 bridgehead atoms. The maximum absolute atomic E-state index is 13.6. The van der Waals surface area contributed by atoms with Crippen molar-refractivity contribution in [1.82, 2.24) is 5.32 Å². The highest BCUT2D eigenvalue weighted by Gasteiger charge is 2.38. The third-order valence-electron chi connectivity index (χ3n) is 28.0. The molecule has 10 aliphatic carbocycles. The van der Waals surface area contributed by atoms with Gasteiger partial charge in [0.25, 0.3) is 0 Å². The lowest BCUT2D eigenvalue weighted by atomic mass is 9.65. The minimum absolute atomic E-state index is 0. The van der Waals surface area contributed by atoms with Gasteiger partial charge in [0.15, 0.2) is 63.9 Å². The molecule has 15 rings (SSSR count). The minimum atomic E-state index is -1.41. The van der Waals surface area contributed by atoms with Crippen LogP contribution in [0, 0.1) is 142 Å². The van der Waals surface area contributed by atoms with E-state index in [-0.39, 0.29) is 13.2 Å². The number of rotatable bonds is 15. The molecule has 1 aliphatic heterocycles. The molecule has 11 aliphatic rings. The second-order valence-electron chi connectivity index (χ2n) is 35.8. The van der Waals surface area contributed by atoms with Crippen molar-refractivity contribution in [2.75, 3.05) is 13.1 Å². The zero-order chi connectivity index (χ0) is 80.2. The maximum Gasteiger partial charge on any atom is 0.194 e. The van der Waals surface area contributed by atoms with Crippen molar-refractivity contribution in [3.63, 3.8) is 0 Å². The molecule has 0 amide bonds. The van der Waals surface area contributed by atoms with E-state index in [1.54, 1.807) is 0 Å². The first-order chi connectivity index (χ1) is 54.0. The van der Waals surface area contributed by atoms with Gasteiger partial charge in [-0.25, -0.2) is 39.5 Å². The third kappa shape index (κ3) is 28.5. The molecule has 1 N–H and O–H groups in total. The molecule has 0 radical (unpaired) electrons. The highest BCUT2D eigenvalue weighted by molar-refractivity contribution is 5.91. The van der Waals surface area contributed by atoms with Gasteiger partial charge in [0.05, 0.1) is 0 Å². The topological polar surface area (TPSA) is 63.2 Å². The Morgan fingerprint density at radius 1 is 0.425 bits per heavy atom. The lowest BCUT2D eigenvalue weighted by Crippen LogP contribution is -2.29. The summed E-state index contributed by atoms with van der Waals surface area (Å²) in [6.45, 7) is 17.9. The molecular weight excluding hydrogens is 1430 g/mol. The lowest BCUT2D eigenvalue weighted by Gasteiger charge is -2.40. The van der Waals surface area contributed by atoms with E-state index in [0.717, 1.165) is 176 Å². The highest BCUT2D eigenvalue weighted by Crippen LogP contribution is 2.50. The Balaban J connectivity index is 0.000000176. The van der Waals surface area contributed by atoms with Crippen LogP contribution in [-0.2, 0) is 27.2 Å². The van der Waals surface area contributed by atoms with Crippen LogP contribution in [0.5, 0.6) is 0 Å². The number of hydrogen-bond acceptors (Lipinski definition) is 4. The fourth-order valence-corrected chi connectivity index (χ4v) is 21.5. The molecule has 626 valence electrons. The van der Waals surface area contributed by atoms with E-state index in [1.165, 1.54) is 274 Å². The quantitative estimate of drug-likeness (QED) is 0.0732. The van der Waals surface area contributed by atoms with Gasteiger partial charge >= 0.3 is 0 Å². The Kier molecular flexibility index (Phi) is 39.0. The molecule has 8 fully saturated rings. The lowest BCUT2D eigenvalue weighted by molar-refractivity contribution is -0.121. The number of aryl methyl sites for hydroxylation is 2. The number of carbonyl (C=O) groups excluding carboxylic acids is 3. The van der Waals surface area contributed by atoms with Gasteiger partial charge in [-0.2, -0.15) is 0 Å². The van der Waals surface area contributed by atoms with Crippen molar-refractivity contribution in [2.45, 2.75) is 319 Å². The molecule has 1 heterocycles. The van der Waals surface area contributed by atoms with E-state index in [4.69, 9.17) is 0 Å². The first-order valence-corrected chi connectivity index (χ1v) is 44.5. The Bertz CT molecular complexity index is 3640. The highest BCUT2D eigenvalue weighted by atomic mass is 19.2. The first-order valence-electron chi connectivity index (χ1n) is 44.5. The summed E-state index contributed by atoms with van der Waals surface area (Å²) in [7, 11) is 0. The average molecular weight is 1580 g/mol. The molecule has 0 aromatic heterocycles. The molecular formula is C100H140F9NO3. The maximum atomic E-state index is 13.6. The van der Waals surface area contributed by atoms with Crippen molar-refractivity contribution < 1.29 is 53.9 Å². The number of ketones is 3. The number of Topliss-reactive ketones (excluding diaryl/α,β-unsaturated/α-hetero) is 1. The number of benzene rings is 4. The van der Waals surface area contributed by atoms with Crippen LogP contribution in [0.1, 0.15) is 321 Å². The van der Waals surface area contributed by atoms with Crippen LogP contribution in [0.2, 0.25) is 0 Å². The standard InChI is InChI=1S/C25H31F3.C25H29F3.C19H30O.C15H26O.C7H5F3.C4H9N.C4H6O.CH4/c2*1-2-3-16-4-6-17(7-5-16)18-8-9-20-13-21(11-10-19(20)12-18)22-14-23(26)25(28)24(27)15-22;1-2-3-14-4-6-15(7-5-14)16-8-9-18-13-19(20)11-10-17(18)12-16;1-2-3-12-4-6-13(7-5-12)14-8-10-15(16)11-9-14;1-4-2-5(8)7(10)6(9)3-4;1-2-4-5-3-1;1-3-4(2)5;/h11,13-19H,2-10,12H2,1H3;10-11,13-18H,2-9,12H2,1H3;13-17H,2-12H2,1H3;12-14H,2-11H2,1H3;2-3H,1H3;5H,1-4H2;3H,1H2,2H3;1H4. The summed E-state index contributed by atoms with van der Waals surface area (Å²) in [5.74, 6) is 2.37. The molecule has 1 saturated heterocycles. The van der Waals surface area contributed by atoms with Gasteiger partial charge in [-0.3, -0.25) is 14.4 Å². The summed E-state index contributed by atoms with van der Waals surface area (Å²) in [5, 5.41) is 3.22. The SMILES string of the molecule is C.C1CCNC1.C=CC(C)=O.CCCC1CCC(C2CCC(=O)CC2)CC1.CCCC1CCC(C2CCC3=CC(=O)CCC3C2)CC1.CCCC1CCC(C2CCC3=CC(c4cc(F)c(F)c(F)c4)=CCC3C2)CC1.CCCC1CCC(C2CCc3cc(-c4cc(F)c(F)c(F)c4)ccc3C2)CC1.Cc1cc(F)c(F)c(F)c1. The predicted molar refractivity (Wildman–Crippen MR) is 447 cm³/mol. The molecule has 4 aromatic rings. The zero-order valence-electron chi connectivity index (χ0n) is 69.0. The Morgan fingerprint density at radius 3 is 1.23 bits per heavy atom. The van der Waals surface area contributed by atoms with E-state index in [0.29, 0.717) is 34.2 Å². The summed E-state index contributed by atoms with van der Waals surface area (Å²) in [6.07, 6.45) is 62.1.